The van der Waals surface area contributed by atoms with Gasteiger partial charge in [0.15, 0.2) is 6.61 Å². The molecule has 0 aliphatic rings. The molecule has 0 unspecified atom stereocenters. The molecule has 2 aromatic rings. The smallest absolute Gasteiger partial charge is 0.321 e. The second-order valence-corrected chi connectivity index (χ2v) is 8.63. The monoisotopic (exact) mass is 414 g/mol. The SMILES string of the molecule is CN(CC(=O)OCC(=O)NCCc1cccs1)S(=O)(=O)c1ccc(F)cc1. The molecule has 0 fully saturated rings. The number of carbonyl (C=O) groups is 2. The van der Waals surface area contributed by atoms with Crippen LogP contribution in [0.3, 0.4) is 0 Å². The van der Waals surface area contributed by atoms with Gasteiger partial charge in [-0.05, 0) is 42.1 Å². The zero-order valence-electron chi connectivity index (χ0n) is 14.6. The first kappa shape index (κ1) is 21.0. The zero-order chi connectivity index (χ0) is 19.9. The van der Waals surface area contributed by atoms with Crippen molar-refractivity contribution >= 4 is 33.2 Å². The van der Waals surface area contributed by atoms with Crippen molar-refractivity contribution in [3.8, 4) is 0 Å². The number of rotatable bonds is 9. The molecule has 1 aromatic carbocycles. The molecular formula is C17H19FN2O5S2. The van der Waals surface area contributed by atoms with Crippen LogP contribution in [0.15, 0.2) is 46.7 Å². The van der Waals surface area contributed by atoms with E-state index in [1.54, 1.807) is 11.3 Å². The minimum atomic E-state index is -3.96. The summed E-state index contributed by atoms with van der Waals surface area (Å²) in [5.74, 6) is -1.90. The molecule has 1 amide bonds. The minimum absolute atomic E-state index is 0.148. The van der Waals surface area contributed by atoms with Crippen molar-refractivity contribution in [2.24, 2.45) is 0 Å². The van der Waals surface area contributed by atoms with E-state index in [0.29, 0.717) is 13.0 Å². The van der Waals surface area contributed by atoms with Crippen molar-refractivity contribution in [2.45, 2.75) is 11.3 Å². The first-order valence-corrected chi connectivity index (χ1v) is 10.3. The van der Waals surface area contributed by atoms with Crippen molar-refractivity contribution in [1.82, 2.24) is 9.62 Å². The molecule has 0 spiro atoms. The first-order chi connectivity index (χ1) is 12.8. The number of ether oxygens (including phenoxy) is 1. The van der Waals surface area contributed by atoms with E-state index in [2.05, 4.69) is 5.32 Å². The number of nitrogens with one attached hydrogen (secondary N) is 1. The molecule has 2 rings (SSSR count). The number of hydrogen-bond acceptors (Lipinski definition) is 6. The van der Waals surface area contributed by atoms with Crippen LogP contribution in [0.4, 0.5) is 4.39 Å². The number of halogens is 1. The molecule has 7 nitrogen and oxygen atoms in total. The lowest BCUT2D eigenvalue weighted by Gasteiger charge is -2.16. The lowest BCUT2D eigenvalue weighted by molar-refractivity contribution is -0.148. The Hall–Kier alpha value is -2.30. The Kier molecular flexibility index (Phi) is 7.45. The summed E-state index contributed by atoms with van der Waals surface area (Å²) >= 11 is 1.58. The van der Waals surface area contributed by atoms with Gasteiger partial charge >= 0.3 is 5.97 Å². The lowest BCUT2D eigenvalue weighted by Crippen LogP contribution is -2.35. The van der Waals surface area contributed by atoms with E-state index in [-0.39, 0.29) is 4.90 Å². The van der Waals surface area contributed by atoms with Gasteiger partial charge in [-0.2, -0.15) is 4.31 Å². The maximum Gasteiger partial charge on any atom is 0.321 e. The number of hydrogen-bond donors (Lipinski definition) is 1. The molecule has 1 N–H and O–H groups in total. The third kappa shape index (κ3) is 6.42. The number of thiophene rings is 1. The van der Waals surface area contributed by atoms with Crippen LogP contribution in [0.2, 0.25) is 0 Å². The first-order valence-electron chi connectivity index (χ1n) is 7.95. The average molecular weight is 414 g/mol. The standard InChI is InChI=1S/C17H19FN2O5S2/c1-20(27(23,24)15-6-4-13(18)5-7-15)11-17(22)25-12-16(21)19-9-8-14-3-2-10-26-14/h2-7,10H,8-9,11-12H2,1H3,(H,19,21). The highest BCUT2D eigenvalue weighted by molar-refractivity contribution is 7.89. The Bertz CT molecular complexity index is 867. The summed E-state index contributed by atoms with van der Waals surface area (Å²) in [7, 11) is -2.77. The van der Waals surface area contributed by atoms with Crippen LogP contribution < -0.4 is 5.32 Å². The number of sulfonamides is 1. The third-order valence-corrected chi connectivity index (χ3v) is 6.27. The summed E-state index contributed by atoms with van der Waals surface area (Å²) in [5, 5.41) is 4.55. The summed E-state index contributed by atoms with van der Waals surface area (Å²) in [4.78, 5) is 24.4. The summed E-state index contributed by atoms with van der Waals surface area (Å²) < 4.78 is 43.1. The topological polar surface area (TPSA) is 92.8 Å². The van der Waals surface area contributed by atoms with Crippen molar-refractivity contribution in [1.29, 1.82) is 0 Å². The Labute approximate surface area is 160 Å². The Balaban J connectivity index is 1.75. The van der Waals surface area contributed by atoms with Gasteiger partial charge in [0.05, 0.1) is 4.90 Å². The normalized spacial score (nSPS) is 11.4. The second kappa shape index (κ2) is 9.58. The average Bonchev–Trinajstić information content (AvgIpc) is 3.13. The minimum Gasteiger partial charge on any atom is -0.455 e. The van der Waals surface area contributed by atoms with Gasteiger partial charge in [-0.3, -0.25) is 9.59 Å². The maximum atomic E-state index is 12.9. The van der Waals surface area contributed by atoms with Gasteiger partial charge < -0.3 is 10.1 Å². The van der Waals surface area contributed by atoms with Crippen LogP contribution in [0.25, 0.3) is 0 Å². The number of esters is 1. The van der Waals surface area contributed by atoms with Crippen LogP contribution in [-0.4, -0.2) is 51.3 Å². The predicted molar refractivity (Wildman–Crippen MR) is 98.2 cm³/mol. The molecule has 10 heteroatoms. The highest BCUT2D eigenvalue weighted by Gasteiger charge is 2.23. The molecule has 0 saturated heterocycles. The van der Waals surface area contributed by atoms with Crippen molar-refractivity contribution in [3.63, 3.8) is 0 Å². The zero-order valence-corrected chi connectivity index (χ0v) is 16.2. The Morgan fingerprint density at radius 1 is 1.22 bits per heavy atom. The summed E-state index contributed by atoms with van der Waals surface area (Å²) in [6.45, 7) is -0.647. The molecular weight excluding hydrogens is 395 g/mol. The quantitative estimate of drug-likeness (QED) is 0.627. The van der Waals surface area contributed by atoms with E-state index in [0.717, 1.165) is 33.4 Å². The number of carbonyl (C=O) groups excluding carboxylic acids is 2. The van der Waals surface area contributed by atoms with E-state index in [9.17, 15) is 22.4 Å². The second-order valence-electron chi connectivity index (χ2n) is 5.56. The molecule has 1 heterocycles. The van der Waals surface area contributed by atoms with Crippen molar-refractivity contribution in [3.05, 3.63) is 52.5 Å². The fourth-order valence-electron chi connectivity index (χ4n) is 2.08. The van der Waals surface area contributed by atoms with Crippen LogP contribution in [0.1, 0.15) is 4.88 Å². The Morgan fingerprint density at radius 3 is 2.56 bits per heavy atom. The maximum absolute atomic E-state index is 12.9. The Morgan fingerprint density at radius 2 is 1.93 bits per heavy atom. The van der Waals surface area contributed by atoms with E-state index < -0.39 is 40.9 Å². The molecule has 1 aromatic heterocycles. The summed E-state index contributed by atoms with van der Waals surface area (Å²) in [6, 6.07) is 8.11. The molecule has 0 saturated carbocycles. The molecule has 0 aliphatic carbocycles. The van der Waals surface area contributed by atoms with Gasteiger partial charge in [-0.1, -0.05) is 6.07 Å². The lowest BCUT2D eigenvalue weighted by atomic mass is 10.3. The fourth-order valence-corrected chi connectivity index (χ4v) is 3.90. The molecule has 0 radical (unpaired) electrons. The molecule has 0 bridgehead atoms. The van der Waals surface area contributed by atoms with E-state index in [1.165, 1.54) is 7.05 Å². The number of benzene rings is 1. The molecule has 0 atom stereocenters. The van der Waals surface area contributed by atoms with Crippen LogP contribution in [0.5, 0.6) is 0 Å². The van der Waals surface area contributed by atoms with E-state index in [4.69, 9.17) is 4.74 Å². The van der Waals surface area contributed by atoms with Crippen molar-refractivity contribution < 1.29 is 27.1 Å². The van der Waals surface area contributed by atoms with Gasteiger partial charge in [0.1, 0.15) is 12.4 Å². The van der Waals surface area contributed by atoms with Gasteiger partial charge in [0, 0.05) is 18.5 Å². The van der Waals surface area contributed by atoms with Gasteiger partial charge in [-0.25, -0.2) is 12.8 Å². The van der Waals surface area contributed by atoms with Crippen LogP contribution in [0, 0.1) is 5.82 Å². The molecule has 146 valence electrons. The van der Waals surface area contributed by atoms with Gasteiger partial charge in [-0.15, -0.1) is 11.3 Å². The highest BCUT2D eigenvalue weighted by atomic mass is 32.2. The summed E-state index contributed by atoms with van der Waals surface area (Å²) in [5.41, 5.74) is 0. The number of nitrogens with zero attached hydrogens (tertiary/aromatic N) is 1. The summed E-state index contributed by atoms with van der Waals surface area (Å²) in [6.07, 6.45) is 0.677. The number of amides is 1. The third-order valence-electron chi connectivity index (χ3n) is 3.51. The highest BCUT2D eigenvalue weighted by Crippen LogP contribution is 2.14. The fraction of sp³-hybridized carbons (Fsp3) is 0.294. The van der Waals surface area contributed by atoms with E-state index in [1.807, 2.05) is 17.5 Å². The van der Waals surface area contributed by atoms with Gasteiger partial charge in [0.25, 0.3) is 5.91 Å². The predicted octanol–water partition coefficient (Wildman–Crippen LogP) is 1.41. The molecule has 27 heavy (non-hydrogen) atoms. The largest absolute Gasteiger partial charge is 0.455 e. The molecule has 0 aliphatic heterocycles. The number of likely N-dealkylation sites (N-methyl/N-ethyl adjacent to an activating group) is 1. The van der Waals surface area contributed by atoms with Gasteiger partial charge in [0.2, 0.25) is 10.0 Å². The van der Waals surface area contributed by atoms with Crippen LogP contribution >= 0.6 is 11.3 Å². The van der Waals surface area contributed by atoms with Crippen LogP contribution in [-0.2, 0) is 30.8 Å². The van der Waals surface area contributed by atoms with Crippen molar-refractivity contribution in [2.75, 3.05) is 26.7 Å². The van der Waals surface area contributed by atoms with E-state index >= 15 is 0 Å².